The Balaban J connectivity index is 1.90. The summed E-state index contributed by atoms with van der Waals surface area (Å²) in [6.45, 7) is 10.5. The highest BCUT2D eigenvalue weighted by Crippen LogP contribution is 2.21. The fraction of sp³-hybridized carbons (Fsp3) is 0.632. The number of ether oxygens (including phenoxy) is 1. The minimum atomic E-state index is -1.02. The van der Waals surface area contributed by atoms with Crippen molar-refractivity contribution < 1.29 is 13.9 Å². The Morgan fingerprint density at radius 3 is 2.29 bits per heavy atom. The van der Waals surface area contributed by atoms with Gasteiger partial charge in [0.2, 0.25) is 0 Å². The largest absolute Gasteiger partial charge is 0.478 e. The lowest BCUT2D eigenvalue weighted by Gasteiger charge is -2.41. The molecule has 1 aliphatic heterocycles. The van der Waals surface area contributed by atoms with E-state index in [1.165, 1.54) is 43.5 Å². The number of benzene rings is 1. The van der Waals surface area contributed by atoms with E-state index in [2.05, 4.69) is 24.1 Å². The predicted molar refractivity (Wildman–Crippen MR) is 93.6 cm³/mol. The molecule has 134 valence electrons. The third kappa shape index (κ3) is 4.94. The molecule has 1 heterocycles. The van der Waals surface area contributed by atoms with Crippen LogP contribution in [0.3, 0.4) is 0 Å². The molecule has 0 aliphatic carbocycles. The second kappa shape index (κ2) is 7.51. The number of nitrogens with zero attached hydrogens (tertiary/aromatic N) is 1. The van der Waals surface area contributed by atoms with Crippen molar-refractivity contribution in [3.8, 4) is 5.75 Å². The molecule has 0 unspecified atom stereocenters. The quantitative estimate of drug-likeness (QED) is 0.866. The number of nitrogens with one attached hydrogen (secondary N) is 1. The zero-order chi connectivity index (χ0) is 17.8. The smallest absolute Gasteiger partial charge is 0.263 e. The molecule has 4 nitrogen and oxygen atoms in total. The fourth-order valence-electron chi connectivity index (χ4n) is 2.96. The molecule has 0 atom stereocenters. The SMILES string of the molecule is CC(C)(Oc1ccc(F)cc1)C(=O)NCC(C)(C)N1CCCCC1. The van der Waals surface area contributed by atoms with Gasteiger partial charge in [0.1, 0.15) is 11.6 Å². The number of likely N-dealkylation sites (tertiary alicyclic amines) is 1. The lowest BCUT2D eigenvalue weighted by atomic mass is 9.98. The molecule has 24 heavy (non-hydrogen) atoms. The minimum Gasteiger partial charge on any atom is -0.478 e. The molecule has 1 aromatic rings. The Hall–Kier alpha value is -1.62. The topological polar surface area (TPSA) is 41.6 Å². The molecule has 1 saturated heterocycles. The molecular weight excluding hydrogens is 307 g/mol. The average molecular weight is 336 g/mol. The third-order valence-corrected chi connectivity index (χ3v) is 4.63. The lowest BCUT2D eigenvalue weighted by molar-refractivity contribution is -0.134. The van der Waals surface area contributed by atoms with Gasteiger partial charge in [-0.2, -0.15) is 0 Å². The molecule has 0 saturated carbocycles. The maximum absolute atomic E-state index is 13.0. The minimum absolute atomic E-state index is 0.0813. The molecule has 1 aliphatic rings. The van der Waals surface area contributed by atoms with Crippen molar-refractivity contribution in [1.29, 1.82) is 0 Å². The van der Waals surface area contributed by atoms with Crippen LogP contribution in [0.5, 0.6) is 5.75 Å². The van der Waals surface area contributed by atoms with E-state index in [4.69, 9.17) is 4.74 Å². The predicted octanol–water partition coefficient (Wildman–Crippen LogP) is 3.36. The van der Waals surface area contributed by atoms with Gasteiger partial charge in [0.15, 0.2) is 5.60 Å². The normalized spacial score (nSPS) is 16.7. The molecule has 0 aromatic heterocycles. The van der Waals surface area contributed by atoms with Gasteiger partial charge in [-0.15, -0.1) is 0 Å². The first-order valence-corrected chi connectivity index (χ1v) is 8.69. The van der Waals surface area contributed by atoms with Crippen molar-refractivity contribution in [2.75, 3.05) is 19.6 Å². The Morgan fingerprint density at radius 1 is 1.12 bits per heavy atom. The maximum Gasteiger partial charge on any atom is 0.263 e. The van der Waals surface area contributed by atoms with Gasteiger partial charge in [-0.05, 0) is 77.9 Å². The Morgan fingerprint density at radius 2 is 1.71 bits per heavy atom. The molecule has 0 bridgehead atoms. The van der Waals surface area contributed by atoms with Crippen LogP contribution in [0, 0.1) is 5.82 Å². The first kappa shape index (κ1) is 18.7. The molecule has 0 spiro atoms. The highest BCUT2D eigenvalue weighted by atomic mass is 19.1. The van der Waals surface area contributed by atoms with Crippen molar-refractivity contribution in [1.82, 2.24) is 10.2 Å². The van der Waals surface area contributed by atoms with Gasteiger partial charge in [0.25, 0.3) is 5.91 Å². The molecule has 1 N–H and O–H groups in total. The summed E-state index contributed by atoms with van der Waals surface area (Å²) in [4.78, 5) is 15.0. The molecular formula is C19H29FN2O2. The second-order valence-corrected chi connectivity index (χ2v) is 7.61. The lowest BCUT2D eigenvalue weighted by Crippen LogP contribution is -2.56. The van der Waals surface area contributed by atoms with Crippen molar-refractivity contribution in [2.45, 2.75) is 58.1 Å². The van der Waals surface area contributed by atoms with E-state index in [9.17, 15) is 9.18 Å². The summed E-state index contributed by atoms with van der Waals surface area (Å²) in [5, 5.41) is 3.01. The van der Waals surface area contributed by atoms with Gasteiger partial charge in [-0.25, -0.2) is 4.39 Å². The van der Waals surface area contributed by atoms with Crippen LogP contribution in [0.15, 0.2) is 24.3 Å². The number of carbonyl (C=O) groups excluding carboxylic acids is 1. The van der Waals surface area contributed by atoms with E-state index in [1.54, 1.807) is 13.8 Å². The van der Waals surface area contributed by atoms with E-state index in [0.29, 0.717) is 12.3 Å². The Bertz CT molecular complexity index is 549. The van der Waals surface area contributed by atoms with Crippen molar-refractivity contribution in [2.24, 2.45) is 0 Å². The maximum atomic E-state index is 13.0. The Labute approximate surface area is 144 Å². The van der Waals surface area contributed by atoms with Gasteiger partial charge < -0.3 is 10.1 Å². The Kier molecular flexibility index (Phi) is 5.86. The summed E-state index contributed by atoms with van der Waals surface area (Å²) < 4.78 is 18.7. The summed E-state index contributed by atoms with van der Waals surface area (Å²) in [5.41, 5.74) is -1.10. The average Bonchev–Trinajstić information content (AvgIpc) is 2.55. The van der Waals surface area contributed by atoms with Crippen LogP contribution in [0.25, 0.3) is 0 Å². The zero-order valence-electron chi connectivity index (χ0n) is 15.2. The van der Waals surface area contributed by atoms with E-state index in [0.717, 1.165) is 13.1 Å². The summed E-state index contributed by atoms with van der Waals surface area (Å²) >= 11 is 0. The van der Waals surface area contributed by atoms with Crippen LogP contribution in [0.4, 0.5) is 4.39 Å². The van der Waals surface area contributed by atoms with Crippen LogP contribution in [0.2, 0.25) is 0 Å². The fourth-order valence-corrected chi connectivity index (χ4v) is 2.96. The number of piperidine rings is 1. The van der Waals surface area contributed by atoms with Crippen LogP contribution < -0.4 is 10.1 Å². The zero-order valence-corrected chi connectivity index (χ0v) is 15.2. The number of hydrogen-bond acceptors (Lipinski definition) is 3. The highest BCUT2D eigenvalue weighted by Gasteiger charge is 2.33. The van der Waals surface area contributed by atoms with Crippen LogP contribution in [0.1, 0.15) is 47.0 Å². The van der Waals surface area contributed by atoms with Crippen molar-refractivity contribution >= 4 is 5.91 Å². The van der Waals surface area contributed by atoms with E-state index >= 15 is 0 Å². The summed E-state index contributed by atoms with van der Waals surface area (Å²) in [7, 11) is 0. The summed E-state index contributed by atoms with van der Waals surface area (Å²) in [6.07, 6.45) is 3.73. The van der Waals surface area contributed by atoms with E-state index < -0.39 is 5.60 Å². The van der Waals surface area contributed by atoms with Gasteiger partial charge in [-0.3, -0.25) is 9.69 Å². The third-order valence-electron chi connectivity index (χ3n) is 4.63. The standard InChI is InChI=1S/C19H29FN2O2/c1-18(2,22-12-6-5-7-13-22)14-21-17(23)19(3,4)24-16-10-8-15(20)9-11-16/h8-11H,5-7,12-14H2,1-4H3,(H,21,23). The van der Waals surface area contributed by atoms with E-state index in [-0.39, 0.29) is 17.3 Å². The second-order valence-electron chi connectivity index (χ2n) is 7.61. The number of carbonyl (C=O) groups is 1. The number of hydrogen-bond donors (Lipinski definition) is 1. The van der Waals surface area contributed by atoms with Crippen LogP contribution in [-0.2, 0) is 4.79 Å². The van der Waals surface area contributed by atoms with Gasteiger partial charge in [0.05, 0.1) is 0 Å². The van der Waals surface area contributed by atoms with Crippen molar-refractivity contribution in [3.63, 3.8) is 0 Å². The van der Waals surface area contributed by atoms with E-state index in [1.807, 2.05) is 0 Å². The van der Waals surface area contributed by atoms with Crippen LogP contribution >= 0.6 is 0 Å². The summed E-state index contributed by atoms with van der Waals surface area (Å²) in [5.74, 6) is -0.0170. The first-order chi connectivity index (χ1) is 11.2. The number of amides is 1. The molecule has 1 fully saturated rings. The van der Waals surface area contributed by atoms with Crippen molar-refractivity contribution in [3.05, 3.63) is 30.1 Å². The van der Waals surface area contributed by atoms with Gasteiger partial charge in [0, 0.05) is 12.1 Å². The van der Waals surface area contributed by atoms with Crippen LogP contribution in [-0.4, -0.2) is 41.6 Å². The molecule has 1 amide bonds. The molecule has 2 rings (SSSR count). The van der Waals surface area contributed by atoms with Gasteiger partial charge >= 0.3 is 0 Å². The number of rotatable bonds is 6. The monoisotopic (exact) mass is 336 g/mol. The summed E-state index contributed by atoms with van der Waals surface area (Å²) in [6, 6.07) is 5.70. The molecule has 0 radical (unpaired) electrons. The molecule has 1 aromatic carbocycles. The molecule has 5 heteroatoms. The number of halogens is 1. The van der Waals surface area contributed by atoms with Gasteiger partial charge in [-0.1, -0.05) is 6.42 Å². The highest BCUT2D eigenvalue weighted by molar-refractivity contribution is 5.84. The first-order valence-electron chi connectivity index (χ1n) is 8.69.